The fourth-order valence-corrected chi connectivity index (χ4v) is 2.14. The fourth-order valence-electron chi connectivity index (χ4n) is 2.14. The van der Waals surface area contributed by atoms with Crippen LogP contribution in [-0.4, -0.2) is 31.6 Å². The van der Waals surface area contributed by atoms with E-state index in [1.165, 1.54) is 11.1 Å². The van der Waals surface area contributed by atoms with Gasteiger partial charge in [0.05, 0.1) is 0 Å². The van der Waals surface area contributed by atoms with Crippen molar-refractivity contribution in [3.63, 3.8) is 0 Å². The monoisotopic (exact) mass is 220 g/mol. The molecule has 2 nitrogen and oxygen atoms in total. The minimum absolute atomic E-state index is 0.410. The summed E-state index contributed by atoms with van der Waals surface area (Å²) in [5.41, 5.74) is 8.60. The van der Waals surface area contributed by atoms with E-state index in [1.807, 2.05) is 0 Å². The SMILES string of the molecule is CCc1ccc(C(C)C(CN)N(C)C)cc1. The smallest absolute Gasteiger partial charge is 0.0278 e. The molecule has 2 N–H and O–H groups in total. The van der Waals surface area contributed by atoms with E-state index >= 15 is 0 Å². The highest BCUT2D eigenvalue weighted by atomic mass is 15.1. The van der Waals surface area contributed by atoms with Crippen LogP contribution in [0.4, 0.5) is 0 Å². The molecule has 0 heterocycles. The van der Waals surface area contributed by atoms with E-state index in [-0.39, 0.29) is 0 Å². The zero-order chi connectivity index (χ0) is 12.1. The zero-order valence-corrected chi connectivity index (χ0v) is 10.9. The first-order chi connectivity index (χ1) is 7.60. The predicted octanol–water partition coefficient (Wildman–Crippen LogP) is 2.24. The van der Waals surface area contributed by atoms with Crippen molar-refractivity contribution in [1.82, 2.24) is 4.90 Å². The van der Waals surface area contributed by atoms with Crippen LogP contribution in [-0.2, 0) is 6.42 Å². The summed E-state index contributed by atoms with van der Waals surface area (Å²) in [6.45, 7) is 5.13. The molecule has 0 bridgehead atoms. The topological polar surface area (TPSA) is 29.3 Å². The van der Waals surface area contributed by atoms with E-state index in [0.717, 1.165) is 6.42 Å². The number of likely N-dealkylation sites (N-methyl/N-ethyl adjacent to an activating group) is 1. The summed E-state index contributed by atoms with van der Waals surface area (Å²) in [6.07, 6.45) is 1.10. The van der Waals surface area contributed by atoms with Gasteiger partial charge in [-0.3, -0.25) is 0 Å². The molecule has 0 aliphatic heterocycles. The maximum absolute atomic E-state index is 5.83. The molecule has 0 amide bonds. The molecule has 0 saturated carbocycles. The number of aryl methyl sites for hydroxylation is 1. The molecule has 2 unspecified atom stereocenters. The minimum atomic E-state index is 0.410. The van der Waals surface area contributed by atoms with Crippen molar-refractivity contribution in [3.8, 4) is 0 Å². The first-order valence-electron chi connectivity index (χ1n) is 6.05. The Morgan fingerprint density at radius 2 is 1.75 bits per heavy atom. The van der Waals surface area contributed by atoms with E-state index in [9.17, 15) is 0 Å². The number of nitrogens with zero attached hydrogens (tertiary/aromatic N) is 1. The van der Waals surface area contributed by atoms with Crippen molar-refractivity contribution in [3.05, 3.63) is 35.4 Å². The minimum Gasteiger partial charge on any atom is -0.329 e. The molecule has 0 aromatic heterocycles. The number of hydrogen-bond acceptors (Lipinski definition) is 2. The molecule has 2 atom stereocenters. The molecule has 2 heteroatoms. The Kier molecular flexibility index (Phi) is 4.97. The third kappa shape index (κ3) is 3.06. The molecule has 1 rings (SSSR count). The number of nitrogens with two attached hydrogens (primary N) is 1. The van der Waals surface area contributed by atoms with Gasteiger partial charge in [0.1, 0.15) is 0 Å². The van der Waals surface area contributed by atoms with Gasteiger partial charge in [0.25, 0.3) is 0 Å². The van der Waals surface area contributed by atoms with Crippen LogP contribution < -0.4 is 5.73 Å². The van der Waals surface area contributed by atoms with Gasteiger partial charge in [-0.25, -0.2) is 0 Å². The van der Waals surface area contributed by atoms with Gasteiger partial charge >= 0.3 is 0 Å². The average Bonchev–Trinajstić information content (AvgIpc) is 2.29. The van der Waals surface area contributed by atoms with Crippen LogP contribution in [0, 0.1) is 0 Å². The van der Waals surface area contributed by atoms with Gasteiger partial charge in [0, 0.05) is 12.6 Å². The Balaban J connectivity index is 2.82. The maximum Gasteiger partial charge on any atom is 0.0278 e. The maximum atomic E-state index is 5.83. The summed E-state index contributed by atoms with van der Waals surface area (Å²) in [6, 6.07) is 9.31. The van der Waals surface area contributed by atoms with Crippen LogP contribution in [0.1, 0.15) is 30.9 Å². The molecule has 1 aromatic rings. The largest absolute Gasteiger partial charge is 0.329 e. The third-order valence-corrected chi connectivity index (χ3v) is 3.40. The van der Waals surface area contributed by atoms with Crippen molar-refractivity contribution in [2.45, 2.75) is 32.2 Å². The second-order valence-corrected chi connectivity index (χ2v) is 4.65. The van der Waals surface area contributed by atoms with Gasteiger partial charge in [0.15, 0.2) is 0 Å². The van der Waals surface area contributed by atoms with Crippen molar-refractivity contribution in [1.29, 1.82) is 0 Å². The van der Waals surface area contributed by atoms with Gasteiger partial charge < -0.3 is 10.6 Å². The Morgan fingerprint density at radius 3 is 2.12 bits per heavy atom. The molecule has 0 fully saturated rings. The molecular formula is C14H24N2. The van der Waals surface area contributed by atoms with Crippen LogP contribution in [0.25, 0.3) is 0 Å². The lowest BCUT2D eigenvalue weighted by Crippen LogP contribution is -2.39. The molecule has 16 heavy (non-hydrogen) atoms. The molecule has 1 aromatic carbocycles. The van der Waals surface area contributed by atoms with E-state index in [1.54, 1.807) is 0 Å². The van der Waals surface area contributed by atoms with Crippen LogP contribution in [0.2, 0.25) is 0 Å². The molecule has 0 saturated heterocycles. The van der Waals surface area contributed by atoms with E-state index < -0.39 is 0 Å². The van der Waals surface area contributed by atoms with E-state index in [0.29, 0.717) is 18.5 Å². The van der Waals surface area contributed by atoms with Crippen molar-refractivity contribution in [2.75, 3.05) is 20.6 Å². The highest BCUT2D eigenvalue weighted by Crippen LogP contribution is 2.21. The summed E-state index contributed by atoms with van der Waals surface area (Å²) in [7, 11) is 4.18. The number of benzene rings is 1. The van der Waals surface area contributed by atoms with Gasteiger partial charge in [-0.2, -0.15) is 0 Å². The quantitative estimate of drug-likeness (QED) is 0.824. The molecule has 0 radical (unpaired) electrons. The lowest BCUT2D eigenvalue weighted by atomic mass is 9.92. The summed E-state index contributed by atoms with van der Waals surface area (Å²) >= 11 is 0. The Morgan fingerprint density at radius 1 is 1.19 bits per heavy atom. The Hall–Kier alpha value is -0.860. The van der Waals surface area contributed by atoms with Gasteiger partial charge in [-0.15, -0.1) is 0 Å². The summed E-state index contributed by atoms with van der Waals surface area (Å²) in [4.78, 5) is 2.21. The van der Waals surface area contributed by atoms with Gasteiger partial charge in [-0.1, -0.05) is 38.1 Å². The van der Waals surface area contributed by atoms with Crippen LogP contribution in [0.15, 0.2) is 24.3 Å². The fraction of sp³-hybridized carbons (Fsp3) is 0.571. The van der Waals surface area contributed by atoms with E-state index in [4.69, 9.17) is 5.73 Å². The van der Waals surface area contributed by atoms with Gasteiger partial charge in [0.2, 0.25) is 0 Å². The van der Waals surface area contributed by atoms with Crippen molar-refractivity contribution < 1.29 is 0 Å². The highest BCUT2D eigenvalue weighted by Gasteiger charge is 2.19. The van der Waals surface area contributed by atoms with Gasteiger partial charge in [-0.05, 0) is 37.6 Å². The van der Waals surface area contributed by atoms with Crippen molar-refractivity contribution in [2.24, 2.45) is 5.73 Å². The molecule has 0 aliphatic rings. The number of hydrogen-bond donors (Lipinski definition) is 1. The second kappa shape index (κ2) is 6.02. The standard InChI is InChI=1S/C14H24N2/c1-5-12-6-8-13(9-7-12)11(2)14(10-15)16(3)4/h6-9,11,14H,5,10,15H2,1-4H3. The van der Waals surface area contributed by atoms with E-state index in [2.05, 4.69) is 57.1 Å². The Bertz CT molecular complexity index is 303. The molecule has 90 valence electrons. The molecule has 0 aliphatic carbocycles. The predicted molar refractivity (Wildman–Crippen MR) is 70.8 cm³/mol. The highest BCUT2D eigenvalue weighted by molar-refractivity contribution is 5.26. The summed E-state index contributed by atoms with van der Waals surface area (Å²) in [5.74, 6) is 0.478. The lowest BCUT2D eigenvalue weighted by Gasteiger charge is -2.29. The summed E-state index contributed by atoms with van der Waals surface area (Å²) < 4.78 is 0. The normalized spacial score (nSPS) is 15.1. The average molecular weight is 220 g/mol. The molecule has 0 spiro atoms. The van der Waals surface area contributed by atoms with Crippen LogP contribution in [0.3, 0.4) is 0 Å². The Labute approximate surface area is 99.5 Å². The summed E-state index contributed by atoms with van der Waals surface area (Å²) in [5, 5.41) is 0. The lowest BCUT2D eigenvalue weighted by molar-refractivity contribution is 0.267. The second-order valence-electron chi connectivity index (χ2n) is 4.65. The van der Waals surface area contributed by atoms with Crippen LogP contribution in [0.5, 0.6) is 0 Å². The first-order valence-corrected chi connectivity index (χ1v) is 6.05. The van der Waals surface area contributed by atoms with Crippen molar-refractivity contribution >= 4 is 0 Å². The first kappa shape index (κ1) is 13.2. The number of rotatable bonds is 5. The van der Waals surface area contributed by atoms with Crippen LogP contribution >= 0.6 is 0 Å². The molecular weight excluding hydrogens is 196 g/mol. The third-order valence-electron chi connectivity index (χ3n) is 3.40. The zero-order valence-electron chi connectivity index (χ0n) is 10.9.